The first-order valence-corrected chi connectivity index (χ1v) is 19.3. The summed E-state index contributed by atoms with van der Waals surface area (Å²) >= 11 is 0. The Morgan fingerprint density at radius 3 is 1.35 bits per heavy atom. The first kappa shape index (κ1) is 30.5. The third-order valence-electron chi connectivity index (χ3n) is 11.9. The summed E-state index contributed by atoms with van der Waals surface area (Å²) in [4.78, 5) is 16.3. The third-order valence-corrected chi connectivity index (χ3v) is 11.9. The van der Waals surface area contributed by atoms with Gasteiger partial charge in [0.25, 0.3) is 0 Å². The second kappa shape index (κ2) is 11.4. The molecule has 57 heavy (non-hydrogen) atoms. The molecule has 0 aliphatic carbocycles. The summed E-state index contributed by atoms with van der Waals surface area (Å²) in [6, 6.07) is 64.6. The quantitative estimate of drug-likeness (QED) is 0.181. The second-order valence-electron chi connectivity index (χ2n) is 14.8. The maximum absolute atomic E-state index is 5.47. The third kappa shape index (κ3) is 4.10. The van der Waals surface area contributed by atoms with Gasteiger partial charge in [-0.3, -0.25) is 4.57 Å². The zero-order chi connectivity index (χ0) is 37.2. The molecule has 0 saturated heterocycles. The largest absolute Gasteiger partial charge is 0.309 e. The molecule has 0 radical (unpaired) electrons. The highest BCUT2D eigenvalue weighted by atomic mass is 15.2. The van der Waals surface area contributed by atoms with Gasteiger partial charge in [-0.2, -0.15) is 9.97 Å². The minimum atomic E-state index is 0.572. The molecule has 0 bridgehead atoms. The van der Waals surface area contributed by atoms with Gasteiger partial charge in [0.2, 0.25) is 5.95 Å². The molecular weight excluding hydrogens is 697 g/mol. The first-order chi connectivity index (χ1) is 28.3. The molecule has 13 rings (SSSR count). The Hall–Kier alpha value is -7.83. The van der Waals surface area contributed by atoms with Crippen molar-refractivity contribution in [3.05, 3.63) is 182 Å². The Labute approximate surface area is 325 Å². The van der Waals surface area contributed by atoms with Crippen molar-refractivity contribution in [2.45, 2.75) is 0 Å². The maximum Gasteiger partial charge on any atom is 0.238 e. The minimum absolute atomic E-state index is 0.572. The van der Waals surface area contributed by atoms with Crippen LogP contribution in [0.5, 0.6) is 0 Å². The topological polar surface area (TPSA) is 52.9 Å². The van der Waals surface area contributed by atoms with E-state index in [0.29, 0.717) is 17.6 Å². The van der Waals surface area contributed by atoms with E-state index in [1.807, 2.05) is 0 Å². The van der Waals surface area contributed by atoms with Crippen molar-refractivity contribution in [3.63, 3.8) is 0 Å². The molecule has 0 amide bonds. The molecule has 0 atom stereocenters. The van der Waals surface area contributed by atoms with Crippen LogP contribution >= 0.6 is 0 Å². The van der Waals surface area contributed by atoms with E-state index in [1.54, 1.807) is 0 Å². The molecule has 0 saturated carbocycles. The number of hydrogen-bond acceptors (Lipinski definition) is 3. The van der Waals surface area contributed by atoms with Crippen molar-refractivity contribution in [2.24, 2.45) is 0 Å². The number of benzene rings is 8. The van der Waals surface area contributed by atoms with Crippen LogP contribution in [-0.4, -0.2) is 28.5 Å². The standard InChI is InChI=1S/C51H30N6/c1-7-24-40-31(15-1)32-16-2-8-25-41(32)55(40)45-29-12-6-20-37(45)49-52-50(54-51(53-49)57-43-27-10-3-17-33(43)34-18-4-11-28-44(34)57)39-23-14-30-46-47(39)38-22-13-21-36-35-19-5-9-26-42(35)56(46)48(36)38/h1-30H. The van der Waals surface area contributed by atoms with Crippen LogP contribution in [0, 0.1) is 0 Å². The molecule has 0 aliphatic rings. The van der Waals surface area contributed by atoms with E-state index in [1.165, 1.54) is 38.0 Å². The van der Waals surface area contributed by atoms with Crippen molar-refractivity contribution < 1.29 is 0 Å². The highest BCUT2D eigenvalue weighted by Gasteiger charge is 2.24. The summed E-state index contributed by atoms with van der Waals surface area (Å²) < 4.78 is 6.96. The molecule has 8 aromatic carbocycles. The van der Waals surface area contributed by atoms with Gasteiger partial charge in [0.1, 0.15) is 0 Å². The van der Waals surface area contributed by atoms with E-state index in [0.717, 1.165) is 60.6 Å². The first-order valence-electron chi connectivity index (χ1n) is 19.3. The summed E-state index contributed by atoms with van der Waals surface area (Å²) in [5.74, 6) is 1.80. The van der Waals surface area contributed by atoms with Gasteiger partial charge in [-0.15, -0.1) is 0 Å². The fourth-order valence-corrected chi connectivity index (χ4v) is 9.55. The van der Waals surface area contributed by atoms with Crippen LogP contribution in [0.3, 0.4) is 0 Å². The fourth-order valence-electron chi connectivity index (χ4n) is 9.55. The van der Waals surface area contributed by atoms with Crippen molar-refractivity contribution in [2.75, 3.05) is 0 Å². The zero-order valence-corrected chi connectivity index (χ0v) is 30.5. The van der Waals surface area contributed by atoms with Crippen LogP contribution in [0.4, 0.5) is 0 Å². The molecule has 0 fully saturated rings. The Bertz CT molecular complexity index is 3660. The van der Waals surface area contributed by atoms with E-state index >= 15 is 0 Å². The van der Waals surface area contributed by atoms with E-state index in [2.05, 4.69) is 196 Å². The van der Waals surface area contributed by atoms with Crippen LogP contribution in [0.25, 0.3) is 116 Å². The minimum Gasteiger partial charge on any atom is -0.309 e. The number of fused-ring (bicyclic) bond motifs is 12. The average molecular weight is 727 g/mol. The molecule has 6 heteroatoms. The molecule has 264 valence electrons. The summed E-state index contributed by atoms with van der Waals surface area (Å²) in [6.07, 6.45) is 0. The number of para-hydroxylation sites is 7. The molecule has 0 unspecified atom stereocenters. The van der Waals surface area contributed by atoms with Crippen LogP contribution < -0.4 is 0 Å². The monoisotopic (exact) mass is 726 g/mol. The zero-order valence-electron chi connectivity index (χ0n) is 30.5. The highest BCUT2D eigenvalue weighted by Crippen LogP contribution is 2.43. The maximum atomic E-state index is 5.47. The molecule has 13 aromatic rings. The highest BCUT2D eigenvalue weighted by molar-refractivity contribution is 6.25. The van der Waals surface area contributed by atoms with Crippen molar-refractivity contribution in [3.8, 4) is 34.4 Å². The van der Waals surface area contributed by atoms with Crippen molar-refractivity contribution >= 4 is 81.7 Å². The molecule has 0 aliphatic heterocycles. The molecule has 0 N–H and O–H groups in total. The van der Waals surface area contributed by atoms with Gasteiger partial charge in [-0.05, 0) is 48.5 Å². The lowest BCUT2D eigenvalue weighted by Crippen LogP contribution is -2.08. The van der Waals surface area contributed by atoms with Crippen molar-refractivity contribution in [1.29, 1.82) is 0 Å². The smallest absolute Gasteiger partial charge is 0.238 e. The van der Waals surface area contributed by atoms with Gasteiger partial charge in [-0.1, -0.05) is 133 Å². The number of rotatable bonds is 4. The Balaban J connectivity index is 1.15. The summed E-state index contributed by atoms with van der Waals surface area (Å²) in [6.45, 7) is 0. The predicted octanol–water partition coefficient (Wildman–Crippen LogP) is 12.5. The lowest BCUT2D eigenvalue weighted by molar-refractivity contribution is 0.952. The van der Waals surface area contributed by atoms with Gasteiger partial charge in [0.15, 0.2) is 11.6 Å². The molecule has 6 nitrogen and oxygen atoms in total. The summed E-state index contributed by atoms with van der Waals surface area (Å²) in [5.41, 5.74) is 10.8. The molecular formula is C51H30N6. The van der Waals surface area contributed by atoms with Crippen LogP contribution in [0.2, 0.25) is 0 Å². The summed E-state index contributed by atoms with van der Waals surface area (Å²) in [7, 11) is 0. The molecule has 5 aromatic heterocycles. The Morgan fingerprint density at radius 1 is 0.298 bits per heavy atom. The van der Waals surface area contributed by atoms with Crippen LogP contribution in [0.15, 0.2) is 182 Å². The van der Waals surface area contributed by atoms with Crippen LogP contribution in [-0.2, 0) is 0 Å². The lowest BCUT2D eigenvalue weighted by atomic mass is 10.0. The average Bonchev–Trinajstić information content (AvgIpc) is 4.01. The number of hydrogen-bond donors (Lipinski definition) is 0. The lowest BCUT2D eigenvalue weighted by Gasteiger charge is -2.15. The molecule has 5 heterocycles. The second-order valence-corrected chi connectivity index (χ2v) is 14.8. The van der Waals surface area contributed by atoms with E-state index in [-0.39, 0.29) is 0 Å². The normalized spacial score (nSPS) is 12.2. The number of nitrogens with zero attached hydrogens (tertiary/aromatic N) is 6. The Morgan fingerprint density at radius 2 is 0.719 bits per heavy atom. The summed E-state index contributed by atoms with van der Waals surface area (Å²) in [5, 5.41) is 9.52. The fraction of sp³-hybridized carbons (Fsp3) is 0. The molecule has 0 spiro atoms. The van der Waals surface area contributed by atoms with Gasteiger partial charge < -0.3 is 8.97 Å². The van der Waals surface area contributed by atoms with Crippen molar-refractivity contribution in [1.82, 2.24) is 28.5 Å². The van der Waals surface area contributed by atoms with E-state index in [4.69, 9.17) is 15.0 Å². The van der Waals surface area contributed by atoms with E-state index < -0.39 is 0 Å². The Kier molecular flexibility index (Phi) is 6.07. The van der Waals surface area contributed by atoms with Crippen LogP contribution in [0.1, 0.15) is 0 Å². The SMILES string of the molecule is c1ccc(-n2c3ccccc3c3ccccc32)c(-c2nc(-c3cccc4c3c3cccc5c6ccccc6n4c53)nc(-n3c4ccccc4c4ccccc43)n2)c1. The van der Waals surface area contributed by atoms with Gasteiger partial charge in [0, 0.05) is 54.2 Å². The number of aromatic nitrogens is 6. The predicted molar refractivity (Wildman–Crippen MR) is 234 cm³/mol. The van der Waals surface area contributed by atoms with Gasteiger partial charge in [0.05, 0.1) is 44.3 Å². The van der Waals surface area contributed by atoms with Gasteiger partial charge in [-0.25, -0.2) is 4.98 Å². The van der Waals surface area contributed by atoms with Gasteiger partial charge >= 0.3 is 0 Å². The van der Waals surface area contributed by atoms with E-state index in [9.17, 15) is 0 Å².